The molecule has 0 saturated carbocycles. The van der Waals surface area contributed by atoms with Gasteiger partial charge in [-0.05, 0) is 36.2 Å². The van der Waals surface area contributed by atoms with Crippen LogP contribution in [0.2, 0.25) is 15.1 Å². The van der Waals surface area contributed by atoms with Gasteiger partial charge in [0.25, 0.3) is 0 Å². The third-order valence-corrected chi connectivity index (χ3v) is 4.45. The average Bonchev–Trinajstić information content (AvgIpc) is 2.53. The summed E-state index contributed by atoms with van der Waals surface area (Å²) in [4.78, 5) is 11.9. The Bertz CT molecular complexity index is 822. The van der Waals surface area contributed by atoms with E-state index >= 15 is 0 Å². The summed E-state index contributed by atoms with van der Waals surface area (Å²) < 4.78 is 5.43. The van der Waals surface area contributed by atoms with Gasteiger partial charge in [-0.25, -0.2) is 0 Å². The molecule has 0 atom stereocenters. The van der Waals surface area contributed by atoms with Crippen LogP contribution in [0, 0.1) is 0 Å². The van der Waals surface area contributed by atoms with Crippen molar-refractivity contribution in [3.05, 3.63) is 63.4 Å². The van der Waals surface area contributed by atoms with Crippen LogP contribution in [0.3, 0.4) is 0 Å². The minimum Gasteiger partial charge on any atom is -0.492 e. The van der Waals surface area contributed by atoms with E-state index in [0.717, 1.165) is 5.56 Å². The molecule has 0 radical (unpaired) electrons. The van der Waals surface area contributed by atoms with Crippen molar-refractivity contribution in [1.29, 1.82) is 0 Å². The quantitative estimate of drug-likeness (QED) is 0.733. The summed E-state index contributed by atoms with van der Waals surface area (Å²) in [7, 11) is 0. The van der Waals surface area contributed by atoms with Gasteiger partial charge in [0.05, 0.1) is 28.9 Å². The number of ether oxygens (including phenoxy) is 1. The average molecular weight is 400 g/mol. The smallest absolute Gasteiger partial charge is 0.229 e. The van der Waals surface area contributed by atoms with Crippen molar-refractivity contribution >= 4 is 40.7 Å². The van der Waals surface area contributed by atoms with Gasteiger partial charge >= 0.3 is 0 Å². The first kappa shape index (κ1) is 19.4. The molecule has 2 rings (SSSR count). The van der Waals surface area contributed by atoms with E-state index in [1.54, 1.807) is 24.3 Å². The van der Waals surface area contributed by atoms with Crippen LogP contribution in [0.4, 0.5) is 0 Å². The van der Waals surface area contributed by atoms with Gasteiger partial charge in [0.1, 0.15) is 5.75 Å². The van der Waals surface area contributed by atoms with Crippen molar-refractivity contribution < 1.29 is 9.53 Å². The summed E-state index contributed by atoms with van der Waals surface area (Å²) in [6.07, 6.45) is -0.0213. The van der Waals surface area contributed by atoms with Gasteiger partial charge < -0.3 is 15.8 Å². The van der Waals surface area contributed by atoms with Gasteiger partial charge in [0, 0.05) is 10.6 Å². The molecule has 0 aromatic heterocycles. The number of nitrogens with two attached hydrogens (primary N) is 1. The van der Waals surface area contributed by atoms with Crippen LogP contribution in [0.1, 0.15) is 12.5 Å². The molecular formula is C18H17Cl3N2O2. The molecule has 0 saturated heterocycles. The van der Waals surface area contributed by atoms with Crippen molar-refractivity contribution in [3.8, 4) is 16.9 Å². The molecule has 1 amide bonds. The van der Waals surface area contributed by atoms with Gasteiger partial charge in [-0.3, -0.25) is 4.79 Å². The maximum Gasteiger partial charge on any atom is 0.229 e. The first-order valence-electron chi connectivity index (χ1n) is 7.47. The van der Waals surface area contributed by atoms with Crippen LogP contribution in [-0.2, 0) is 11.2 Å². The highest BCUT2D eigenvalue weighted by Gasteiger charge is 2.16. The van der Waals surface area contributed by atoms with Crippen LogP contribution >= 0.6 is 34.8 Å². The highest BCUT2D eigenvalue weighted by Crippen LogP contribution is 2.38. The number of rotatable bonds is 6. The van der Waals surface area contributed by atoms with Crippen molar-refractivity contribution in [2.24, 2.45) is 5.73 Å². The molecule has 7 heteroatoms. The third-order valence-electron chi connectivity index (χ3n) is 3.37. The molecule has 0 spiro atoms. The Labute approximate surface area is 161 Å². The van der Waals surface area contributed by atoms with E-state index in [1.807, 2.05) is 13.0 Å². The normalized spacial score (nSPS) is 10.4. The Balaban J connectivity index is 2.40. The first-order valence-corrected chi connectivity index (χ1v) is 8.60. The Kier molecular flexibility index (Phi) is 6.59. The maximum absolute atomic E-state index is 11.9. The zero-order valence-electron chi connectivity index (χ0n) is 13.5. The third kappa shape index (κ3) is 4.82. The number of amides is 1. The molecular weight excluding hydrogens is 383 g/mol. The zero-order chi connectivity index (χ0) is 18.6. The molecule has 0 heterocycles. The summed E-state index contributed by atoms with van der Waals surface area (Å²) in [6.45, 7) is 5.84. The highest BCUT2D eigenvalue weighted by molar-refractivity contribution is 6.38. The first-order chi connectivity index (χ1) is 11.8. The maximum atomic E-state index is 11.9. The summed E-state index contributed by atoms with van der Waals surface area (Å²) in [6, 6.07) is 8.84. The molecule has 0 bridgehead atoms. The van der Waals surface area contributed by atoms with Gasteiger partial charge in [-0.1, -0.05) is 53.5 Å². The molecule has 0 aliphatic rings. The standard InChI is InChI=1S/C18H17Cl3N2O2/c1-3-25-16-7-4-11(8-15(16)20)12-5-6-14(19)13(18(12)21)9-17(24)23-10(2)22/h4-8H,2-3,9,22H2,1H3,(H,23,24). The minimum absolute atomic E-state index is 0.0213. The molecule has 2 aromatic carbocycles. The van der Waals surface area contributed by atoms with Crippen LogP contribution in [-0.4, -0.2) is 12.5 Å². The number of carbonyl (C=O) groups excluding carboxylic acids is 1. The van der Waals surface area contributed by atoms with E-state index in [-0.39, 0.29) is 18.1 Å². The van der Waals surface area contributed by atoms with Gasteiger partial charge in [0.15, 0.2) is 0 Å². The van der Waals surface area contributed by atoms with E-state index in [2.05, 4.69) is 11.9 Å². The Hall–Kier alpha value is -1.88. The van der Waals surface area contributed by atoms with Crippen LogP contribution in [0.25, 0.3) is 11.1 Å². The van der Waals surface area contributed by atoms with E-state index in [0.29, 0.717) is 38.6 Å². The summed E-state index contributed by atoms with van der Waals surface area (Å²) in [5.41, 5.74) is 7.39. The number of hydrogen-bond donors (Lipinski definition) is 2. The zero-order valence-corrected chi connectivity index (χ0v) is 15.8. The molecule has 4 nitrogen and oxygen atoms in total. The Morgan fingerprint density at radius 3 is 2.52 bits per heavy atom. The molecule has 0 fully saturated rings. The largest absolute Gasteiger partial charge is 0.492 e. The molecule has 25 heavy (non-hydrogen) atoms. The molecule has 132 valence electrons. The van der Waals surface area contributed by atoms with E-state index in [4.69, 9.17) is 45.3 Å². The van der Waals surface area contributed by atoms with Crippen molar-refractivity contribution in [3.63, 3.8) is 0 Å². The van der Waals surface area contributed by atoms with Gasteiger partial charge in [-0.15, -0.1) is 0 Å². The molecule has 0 aliphatic carbocycles. The lowest BCUT2D eigenvalue weighted by Crippen LogP contribution is -2.28. The topological polar surface area (TPSA) is 64.3 Å². The number of carbonyl (C=O) groups is 1. The Morgan fingerprint density at radius 2 is 1.92 bits per heavy atom. The van der Waals surface area contributed by atoms with Crippen LogP contribution in [0.15, 0.2) is 42.7 Å². The predicted molar refractivity (Wildman–Crippen MR) is 103 cm³/mol. The van der Waals surface area contributed by atoms with Gasteiger partial charge in [0.2, 0.25) is 5.91 Å². The number of hydrogen-bond acceptors (Lipinski definition) is 3. The van der Waals surface area contributed by atoms with Crippen molar-refractivity contribution in [2.45, 2.75) is 13.3 Å². The second kappa shape index (κ2) is 8.48. The monoisotopic (exact) mass is 398 g/mol. The summed E-state index contributed by atoms with van der Waals surface area (Å²) in [5.74, 6) is 0.309. The number of benzene rings is 2. The molecule has 0 aliphatic heterocycles. The van der Waals surface area contributed by atoms with E-state index in [1.165, 1.54) is 0 Å². The molecule has 2 aromatic rings. The predicted octanol–water partition coefficient (Wildman–Crippen LogP) is 4.80. The minimum atomic E-state index is -0.349. The van der Waals surface area contributed by atoms with Crippen LogP contribution in [0.5, 0.6) is 5.75 Å². The SMILES string of the molecule is C=C(N)NC(=O)Cc1c(Cl)ccc(-c2ccc(OCC)c(Cl)c2)c1Cl. The van der Waals surface area contributed by atoms with E-state index in [9.17, 15) is 4.79 Å². The highest BCUT2D eigenvalue weighted by atomic mass is 35.5. The van der Waals surface area contributed by atoms with Crippen molar-refractivity contribution in [2.75, 3.05) is 6.61 Å². The lowest BCUT2D eigenvalue weighted by atomic mass is 10.0. The molecule has 3 N–H and O–H groups in total. The second-order valence-electron chi connectivity index (χ2n) is 5.22. The van der Waals surface area contributed by atoms with Crippen LogP contribution < -0.4 is 15.8 Å². The molecule has 0 unspecified atom stereocenters. The fourth-order valence-corrected chi connectivity index (χ4v) is 3.16. The lowest BCUT2D eigenvalue weighted by Gasteiger charge is -2.13. The summed E-state index contributed by atoms with van der Waals surface area (Å²) >= 11 is 18.9. The number of nitrogens with one attached hydrogen (secondary N) is 1. The van der Waals surface area contributed by atoms with E-state index < -0.39 is 0 Å². The lowest BCUT2D eigenvalue weighted by molar-refractivity contribution is -0.119. The Morgan fingerprint density at radius 1 is 1.20 bits per heavy atom. The van der Waals surface area contributed by atoms with Gasteiger partial charge in [-0.2, -0.15) is 0 Å². The number of halogens is 3. The fourth-order valence-electron chi connectivity index (χ4n) is 2.31. The fraction of sp³-hybridized carbons (Fsp3) is 0.167. The van der Waals surface area contributed by atoms with Crippen molar-refractivity contribution in [1.82, 2.24) is 5.32 Å². The second-order valence-corrected chi connectivity index (χ2v) is 6.41. The summed E-state index contributed by atoms with van der Waals surface area (Å²) in [5, 5.41) is 3.67.